The van der Waals surface area contributed by atoms with Gasteiger partial charge >= 0.3 is 0 Å². The standard InChI is InChI=1S/C22H18Cl2N2O3/c1-3-28-20-9-16(15-8-13(2)26-22(27)17(15)11-25)19(24)10-21(20)29-12-14-6-4-5-7-18(14)23/h4-10H,3,12H2,1-2H3,(H,26,27). The smallest absolute Gasteiger partial charge is 0.266 e. The molecule has 1 heterocycles. The van der Waals surface area contributed by atoms with Crippen LogP contribution in [0.25, 0.3) is 11.1 Å². The summed E-state index contributed by atoms with van der Waals surface area (Å²) < 4.78 is 11.6. The van der Waals surface area contributed by atoms with Crippen LogP contribution in [0.4, 0.5) is 0 Å². The summed E-state index contributed by atoms with van der Waals surface area (Å²) >= 11 is 12.7. The molecular weight excluding hydrogens is 411 g/mol. The van der Waals surface area contributed by atoms with E-state index in [1.807, 2.05) is 31.2 Å². The predicted octanol–water partition coefficient (Wildman–Crippen LogP) is 5.51. The average Bonchev–Trinajstić information content (AvgIpc) is 2.68. The van der Waals surface area contributed by atoms with Crippen molar-refractivity contribution in [1.29, 1.82) is 5.26 Å². The first-order valence-corrected chi connectivity index (χ1v) is 9.67. The Bertz CT molecular complexity index is 1150. The molecule has 0 bridgehead atoms. The summed E-state index contributed by atoms with van der Waals surface area (Å²) in [7, 11) is 0. The number of benzene rings is 2. The Kier molecular flexibility index (Phi) is 6.48. The number of aryl methyl sites for hydroxylation is 1. The van der Waals surface area contributed by atoms with Crippen molar-refractivity contribution in [3.63, 3.8) is 0 Å². The van der Waals surface area contributed by atoms with E-state index in [1.165, 1.54) is 0 Å². The zero-order valence-corrected chi connectivity index (χ0v) is 17.4. The molecule has 0 aliphatic rings. The topological polar surface area (TPSA) is 75.1 Å². The van der Waals surface area contributed by atoms with Gasteiger partial charge in [-0.1, -0.05) is 41.4 Å². The van der Waals surface area contributed by atoms with E-state index in [4.69, 9.17) is 32.7 Å². The number of aromatic nitrogens is 1. The van der Waals surface area contributed by atoms with Crippen molar-refractivity contribution in [3.8, 4) is 28.7 Å². The SMILES string of the molecule is CCOc1cc(-c2cc(C)[nH]c(=O)c2C#N)c(Cl)cc1OCc1ccccc1Cl. The lowest BCUT2D eigenvalue weighted by atomic mass is 10.0. The van der Waals surface area contributed by atoms with Crippen LogP contribution in [0.1, 0.15) is 23.7 Å². The van der Waals surface area contributed by atoms with Crippen LogP contribution in [-0.2, 0) is 6.61 Å². The van der Waals surface area contributed by atoms with Crippen LogP contribution in [0.15, 0.2) is 47.3 Å². The number of hydrogen-bond donors (Lipinski definition) is 1. The molecular formula is C22H18Cl2N2O3. The van der Waals surface area contributed by atoms with Crippen molar-refractivity contribution in [3.05, 3.63) is 79.7 Å². The van der Waals surface area contributed by atoms with E-state index in [9.17, 15) is 10.1 Å². The van der Waals surface area contributed by atoms with E-state index in [-0.39, 0.29) is 12.2 Å². The van der Waals surface area contributed by atoms with Gasteiger partial charge in [0.15, 0.2) is 11.5 Å². The summed E-state index contributed by atoms with van der Waals surface area (Å²) in [6.07, 6.45) is 0. The highest BCUT2D eigenvalue weighted by atomic mass is 35.5. The number of rotatable bonds is 6. The minimum absolute atomic E-state index is 0.00955. The molecule has 0 radical (unpaired) electrons. The maximum Gasteiger partial charge on any atom is 0.266 e. The summed E-state index contributed by atoms with van der Waals surface area (Å²) in [6.45, 7) is 4.24. The molecule has 2 aromatic carbocycles. The van der Waals surface area contributed by atoms with E-state index in [0.717, 1.165) is 5.56 Å². The number of H-pyrrole nitrogens is 1. The van der Waals surface area contributed by atoms with Gasteiger partial charge in [-0.3, -0.25) is 4.79 Å². The van der Waals surface area contributed by atoms with Crippen molar-refractivity contribution in [2.75, 3.05) is 6.61 Å². The number of hydrogen-bond acceptors (Lipinski definition) is 4. The van der Waals surface area contributed by atoms with Gasteiger partial charge in [0, 0.05) is 33.5 Å². The van der Waals surface area contributed by atoms with E-state index >= 15 is 0 Å². The summed E-state index contributed by atoms with van der Waals surface area (Å²) in [6, 6.07) is 14.3. The van der Waals surface area contributed by atoms with Crippen LogP contribution < -0.4 is 15.0 Å². The van der Waals surface area contributed by atoms with Crippen molar-refractivity contribution in [1.82, 2.24) is 4.98 Å². The molecule has 0 spiro atoms. The van der Waals surface area contributed by atoms with Crippen molar-refractivity contribution in [2.45, 2.75) is 20.5 Å². The molecule has 5 nitrogen and oxygen atoms in total. The molecule has 29 heavy (non-hydrogen) atoms. The van der Waals surface area contributed by atoms with Crippen LogP contribution in [0.5, 0.6) is 11.5 Å². The highest BCUT2D eigenvalue weighted by Crippen LogP contribution is 2.40. The zero-order chi connectivity index (χ0) is 21.0. The Morgan fingerprint density at radius 2 is 1.76 bits per heavy atom. The second kappa shape index (κ2) is 9.04. The molecule has 3 rings (SSSR count). The highest BCUT2D eigenvalue weighted by Gasteiger charge is 2.18. The van der Waals surface area contributed by atoms with Crippen LogP contribution in [0, 0.1) is 18.3 Å². The molecule has 0 fully saturated rings. The quantitative estimate of drug-likeness (QED) is 0.561. The molecule has 0 saturated carbocycles. The Balaban J connectivity index is 2.05. The summed E-state index contributed by atoms with van der Waals surface area (Å²) in [5.41, 5.74) is 1.94. The molecule has 1 N–H and O–H groups in total. The number of nitrogens with zero attached hydrogens (tertiary/aromatic N) is 1. The van der Waals surface area contributed by atoms with Crippen LogP contribution in [-0.4, -0.2) is 11.6 Å². The van der Waals surface area contributed by atoms with E-state index in [1.54, 1.807) is 31.2 Å². The Hall–Kier alpha value is -2.94. The highest BCUT2D eigenvalue weighted by molar-refractivity contribution is 6.33. The molecule has 1 aromatic heterocycles. The fourth-order valence-corrected chi connectivity index (χ4v) is 3.35. The van der Waals surface area contributed by atoms with E-state index < -0.39 is 5.56 Å². The number of pyridine rings is 1. The van der Waals surface area contributed by atoms with Crippen LogP contribution in [0.3, 0.4) is 0 Å². The number of ether oxygens (including phenoxy) is 2. The maximum absolute atomic E-state index is 12.2. The molecule has 3 aromatic rings. The van der Waals surface area contributed by atoms with Gasteiger partial charge in [-0.05, 0) is 32.0 Å². The Labute approximate surface area is 178 Å². The van der Waals surface area contributed by atoms with Crippen molar-refractivity contribution < 1.29 is 9.47 Å². The third-order valence-electron chi connectivity index (χ3n) is 4.24. The lowest BCUT2D eigenvalue weighted by molar-refractivity contribution is 0.269. The molecule has 0 aliphatic carbocycles. The second-order valence-corrected chi connectivity index (χ2v) is 7.09. The minimum Gasteiger partial charge on any atom is -0.490 e. The first-order chi connectivity index (χ1) is 13.9. The maximum atomic E-state index is 12.2. The minimum atomic E-state index is -0.462. The molecule has 0 saturated heterocycles. The third kappa shape index (κ3) is 4.56. The van der Waals surface area contributed by atoms with Gasteiger partial charge < -0.3 is 14.5 Å². The predicted molar refractivity (Wildman–Crippen MR) is 114 cm³/mol. The van der Waals surface area contributed by atoms with Crippen molar-refractivity contribution in [2.24, 2.45) is 0 Å². The normalized spacial score (nSPS) is 10.4. The second-order valence-electron chi connectivity index (χ2n) is 6.27. The van der Waals surface area contributed by atoms with Crippen LogP contribution in [0.2, 0.25) is 10.0 Å². The Morgan fingerprint density at radius 3 is 2.45 bits per heavy atom. The van der Waals surface area contributed by atoms with Gasteiger partial charge in [0.1, 0.15) is 18.2 Å². The Morgan fingerprint density at radius 1 is 1.03 bits per heavy atom. The van der Waals surface area contributed by atoms with Gasteiger partial charge in [-0.25, -0.2) is 0 Å². The van der Waals surface area contributed by atoms with Gasteiger partial charge in [0.05, 0.1) is 11.6 Å². The van der Waals surface area contributed by atoms with Crippen molar-refractivity contribution >= 4 is 23.2 Å². The van der Waals surface area contributed by atoms with E-state index in [0.29, 0.717) is 45.0 Å². The van der Waals surface area contributed by atoms with Gasteiger partial charge in [0.25, 0.3) is 5.56 Å². The van der Waals surface area contributed by atoms with E-state index in [2.05, 4.69) is 4.98 Å². The average molecular weight is 429 g/mol. The van der Waals surface area contributed by atoms with Gasteiger partial charge in [-0.2, -0.15) is 5.26 Å². The third-order valence-corrected chi connectivity index (χ3v) is 4.93. The summed E-state index contributed by atoms with van der Waals surface area (Å²) in [4.78, 5) is 14.8. The monoisotopic (exact) mass is 428 g/mol. The summed E-state index contributed by atoms with van der Waals surface area (Å²) in [5, 5.41) is 10.4. The number of nitrogens with one attached hydrogen (secondary N) is 1. The summed E-state index contributed by atoms with van der Waals surface area (Å²) in [5.74, 6) is 0.904. The first-order valence-electron chi connectivity index (χ1n) is 8.91. The van der Waals surface area contributed by atoms with Crippen LogP contribution >= 0.6 is 23.2 Å². The number of halogens is 2. The molecule has 0 amide bonds. The fourth-order valence-electron chi connectivity index (χ4n) is 2.91. The molecule has 0 atom stereocenters. The fraction of sp³-hybridized carbons (Fsp3) is 0.182. The number of aromatic amines is 1. The van der Waals surface area contributed by atoms with Gasteiger partial charge in [0.2, 0.25) is 0 Å². The molecule has 0 aliphatic heterocycles. The molecule has 148 valence electrons. The van der Waals surface area contributed by atoms with Gasteiger partial charge in [-0.15, -0.1) is 0 Å². The lowest BCUT2D eigenvalue weighted by Gasteiger charge is -2.16. The number of nitriles is 1. The lowest BCUT2D eigenvalue weighted by Crippen LogP contribution is -2.13. The largest absolute Gasteiger partial charge is 0.490 e. The molecule has 7 heteroatoms. The molecule has 0 unspecified atom stereocenters. The first kappa shape index (κ1) is 20.8. The zero-order valence-electron chi connectivity index (χ0n) is 15.9.